The minimum atomic E-state index is -4.41. The molecule has 0 bridgehead atoms. The van der Waals surface area contributed by atoms with Crippen molar-refractivity contribution in [1.29, 1.82) is 0 Å². The van der Waals surface area contributed by atoms with Gasteiger partial charge in [0.05, 0.1) is 38.0 Å². The molecule has 0 unspecified atom stereocenters. The molecule has 0 aliphatic carbocycles. The molecule has 0 atom stereocenters. The lowest BCUT2D eigenvalue weighted by molar-refractivity contribution is 0.0942. The highest BCUT2D eigenvalue weighted by Crippen LogP contribution is 2.50. The van der Waals surface area contributed by atoms with Crippen LogP contribution < -0.4 is 43.7 Å². The van der Waals surface area contributed by atoms with Crippen LogP contribution in [0.5, 0.6) is 34.5 Å². The number of carbonyl (C=O) groups excluding carboxylic acids is 3. The molecule has 0 aromatic heterocycles. The van der Waals surface area contributed by atoms with E-state index >= 15 is 0 Å². The molecule has 0 heterocycles. The fourth-order valence-electron chi connectivity index (χ4n) is 6.41. The minimum Gasteiger partial charge on any atom is -0.496 e. The molecule has 17 heteroatoms. The molecular formula is C48H45Cl3N3O10P. The van der Waals surface area contributed by atoms with Crippen molar-refractivity contribution in [1.82, 2.24) is 16.0 Å². The molecule has 6 aromatic rings. The molecule has 0 radical (unpaired) electrons. The first kappa shape index (κ1) is 48.1. The van der Waals surface area contributed by atoms with E-state index < -0.39 is 7.82 Å². The van der Waals surface area contributed by atoms with E-state index in [9.17, 15) is 18.9 Å². The molecule has 0 spiro atoms. The van der Waals surface area contributed by atoms with Gasteiger partial charge >= 0.3 is 7.82 Å². The maximum absolute atomic E-state index is 14.5. The largest absolute Gasteiger partial charge is 0.647 e. The lowest BCUT2D eigenvalue weighted by atomic mass is 10.1. The molecule has 6 rings (SSSR count). The van der Waals surface area contributed by atoms with Gasteiger partial charge in [-0.3, -0.25) is 14.4 Å². The second-order valence-corrected chi connectivity index (χ2v) is 17.0. The Labute approximate surface area is 391 Å². The average molecular weight is 961 g/mol. The zero-order chi connectivity index (χ0) is 46.3. The Morgan fingerprint density at radius 1 is 0.431 bits per heavy atom. The van der Waals surface area contributed by atoms with Gasteiger partial charge in [0.1, 0.15) is 34.5 Å². The maximum atomic E-state index is 14.5. The first-order valence-corrected chi connectivity index (χ1v) is 22.8. The summed E-state index contributed by atoms with van der Waals surface area (Å²) >= 11 is 18.3. The van der Waals surface area contributed by atoms with Crippen molar-refractivity contribution in [3.63, 3.8) is 0 Å². The summed E-state index contributed by atoms with van der Waals surface area (Å²) in [6, 6.07) is 34.9. The molecule has 338 valence electrons. The molecule has 0 aliphatic rings. The van der Waals surface area contributed by atoms with E-state index in [4.69, 9.17) is 62.6 Å². The van der Waals surface area contributed by atoms with E-state index in [1.165, 1.54) is 21.3 Å². The van der Waals surface area contributed by atoms with Gasteiger partial charge in [0.25, 0.3) is 17.7 Å². The summed E-state index contributed by atoms with van der Waals surface area (Å²) in [6.45, 7) is 0.951. The van der Waals surface area contributed by atoms with Gasteiger partial charge in [-0.05, 0) is 127 Å². The van der Waals surface area contributed by atoms with Crippen LogP contribution in [0.3, 0.4) is 0 Å². The van der Waals surface area contributed by atoms with Crippen molar-refractivity contribution in [2.75, 3.05) is 41.0 Å². The summed E-state index contributed by atoms with van der Waals surface area (Å²) in [7, 11) is 0.0291. The lowest BCUT2D eigenvalue weighted by Crippen LogP contribution is -2.26. The standard InChI is InChI=1S/C48H45Cl3N3O10P/c1-59-43-19-10-34(49)28-40(43)46(55)52-25-22-31-4-13-37(14-5-31)62-65(58,63-38-15-6-32(7-16-38)23-26-53-47(56)41-29-35(50)11-20-44(41)60-2)64-39-17-8-33(9-18-39)24-27-54-48(57)42-30-36(51)12-21-45(42)61-3/h4-21,28-30H,22-27H2,1-3H3,(H,52,55)(H,53,56)(H,54,57). The monoisotopic (exact) mass is 959 g/mol. The molecular weight excluding hydrogens is 916 g/mol. The Balaban J connectivity index is 1.10. The molecule has 3 amide bonds. The van der Waals surface area contributed by atoms with Gasteiger partial charge in [-0.2, -0.15) is 4.57 Å². The fourth-order valence-corrected chi connectivity index (χ4v) is 8.18. The highest BCUT2D eigenvalue weighted by Gasteiger charge is 2.33. The van der Waals surface area contributed by atoms with Crippen molar-refractivity contribution < 1.29 is 46.7 Å². The Hall–Kier alpha value is -6.37. The number of amides is 3. The highest BCUT2D eigenvalue weighted by atomic mass is 35.5. The molecule has 0 aliphatic heterocycles. The van der Waals surface area contributed by atoms with Crippen LogP contribution >= 0.6 is 42.6 Å². The molecule has 65 heavy (non-hydrogen) atoms. The summed E-state index contributed by atoms with van der Waals surface area (Å²) in [5.41, 5.74) is 3.56. The number of benzene rings is 6. The van der Waals surface area contributed by atoms with Gasteiger partial charge in [0, 0.05) is 34.7 Å². The van der Waals surface area contributed by atoms with Crippen molar-refractivity contribution in [2.24, 2.45) is 0 Å². The molecule has 3 N–H and O–H groups in total. The Kier molecular flexibility index (Phi) is 17.0. The van der Waals surface area contributed by atoms with Gasteiger partial charge in [-0.1, -0.05) is 71.2 Å². The van der Waals surface area contributed by atoms with E-state index in [1.54, 1.807) is 127 Å². The van der Waals surface area contributed by atoms with E-state index in [0.29, 0.717) is 87.9 Å². The van der Waals surface area contributed by atoms with E-state index in [1.807, 2.05) is 0 Å². The smallest absolute Gasteiger partial charge is 0.496 e. The number of ether oxygens (including phenoxy) is 3. The molecule has 0 saturated heterocycles. The van der Waals surface area contributed by atoms with Crippen molar-refractivity contribution >= 4 is 60.3 Å². The van der Waals surface area contributed by atoms with Crippen molar-refractivity contribution in [2.45, 2.75) is 19.3 Å². The third-order valence-electron chi connectivity index (χ3n) is 9.74. The second kappa shape index (κ2) is 23.0. The molecule has 0 saturated carbocycles. The predicted octanol–water partition coefficient (Wildman–Crippen LogP) is 10.2. The molecule has 6 aromatic carbocycles. The molecule has 13 nitrogen and oxygen atoms in total. The van der Waals surface area contributed by atoms with Crippen molar-refractivity contribution in [3.8, 4) is 34.5 Å². The fraction of sp³-hybridized carbons (Fsp3) is 0.188. The Morgan fingerprint density at radius 2 is 0.692 bits per heavy atom. The van der Waals surface area contributed by atoms with Crippen LogP contribution in [-0.2, 0) is 23.8 Å². The van der Waals surface area contributed by atoms with Crippen LogP contribution in [0.25, 0.3) is 0 Å². The number of rotatable bonds is 21. The van der Waals surface area contributed by atoms with Gasteiger partial charge in [-0.15, -0.1) is 0 Å². The van der Waals surface area contributed by atoms with Crippen molar-refractivity contribution in [3.05, 3.63) is 176 Å². The van der Waals surface area contributed by atoms with Gasteiger partial charge in [0.2, 0.25) is 0 Å². The minimum absolute atomic E-state index is 0.206. The quantitative estimate of drug-likeness (QED) is 0.0593. The summed E-state index contributed by atoms with van der Waals surface area (Å²) < 4.78 is 48.3. The highest BCUT2D eigenvalue weighted by molar-refractivity contribution is 7.49. The lowest BCUT2D eigenvalue weighted by Gasteiger charge is -2.20. The van der Waals surface area contributed by atoms with Gasteiger partial charge in [-0.25, -0.2) is 0 Å². The van der Waals surface area contributed by atoms with E-state index in [-0.39, 0.29) is 35.0 Å². The normalized spacial score (nSPS) is 10.9. The van der Waals surface area contributed by atoms with Crippen LogP contribution in [-0.4, -0.2) is 58.7 Å². The first-order valence-electron chi connectivity index (χ1n) is 20.2. The van der Waals surface area contributed by atoms with Crippen LogP contribution in [0.2, 0.25) is 15.1 Å². The summed E-state index contributed by atoms with van der Waals surface area (Å²) in [5, 5.41) is 9.86. The Morgan fingerprint density at radius 3 is 0.938 bits per heavy atom. The maximum Gasteiger partial charge on any atom is 0.647 e. The SMILES string of the molecule is COc1ccc(Cl)cc1C(=O)NCCc1ccc(OP(=O)(Oc2ccc(CCNC(=O)c3cc(Cl)ccc3OC)cc2)Oc2ccc(CCNC(=O)c3cc(Cl)ccc3OC)cc2)cc1. The summed E-state index contributed by atoms with van der Waals surface area (Å²) in [6.07, 6.45) is 1.44. The van der Waals surface area contributed by atoms with Gasteiger partial charge in [0.15, 0.2) is 0 Å². The number of hydrogen-bond acceptors (Lipinski definition) is 10. The second-order valence-electron chi connectivity index (χ2n) is 14.2. The first-order chi connectivity index (χ1) is 31.3. The zero-order valence-corrected chi connectivity index (χ0v) is 38.7. The average Bonchev–Trinajstić information content (AvgIpc) is 3.30. The number of carbonyl (C=O) groups is 3. The zero-order valence-electron chi connectivity index (χ0n) is 35.5. The van der Waals surface area contributed by atoms with Crippen LogP contribution in [0.1, 0.15) is 47.8 Å². The number of hydrogen-bond donors (Lipinski definition) is 3. The number of phosphoric ester groups is 1. The number of halogens is 3. The third kappa shape index (κ3) is 13.8. The van der Waals surface area contributed by atoms with Crippen LogP contribution in [0.4, 0.5) is 0 Å². The Bertz CT molecular complexity index is 2360. The summed E-state index contributed by atoms with van der Waals surface area (Å²) in [4.78, 5) is 38.5. The molecule has 0 fully saturated rings. The van der Waals surface area contributed by atoms with Crippen LogP contribution in [0, 0.1) is 0 Å². The third-order valence-corrected chi connectivity index (χ3v) is 11.7. The summed E-state index contributed by atoms with van der Waals surface area (Å²) in [5.74, 6) is 0.848. The predicted molar refractivity (Wildman–Crippen MR) is 251 cm³/mol. The van der Waals surface area contributed by atoms with Gasteiger partial charge < -0.3 is 43.7 Å². The van der Waals surface area contributed by atoms with E-state index in [0.717, 1.165) is 16.7 Å². The number of phosphoric acid groups is 1. The van der Waals surface area contributed by atoms with Crippen LogP contribution in [0.15, 0.2) is 127 Å². The topological polar surface area (TPSA) is 160 Å². The number of methoxy groups -OCH3 is 3. The number of nitrogens with one attached hydrogen (secondary N) is 3. The van der Waals surface area contributed by atoms with E-state index in [2.05, 4.69) is 16.0 Å².